The van der Waals surface area contributed by atoms with E-state index in [1.165, 1.54) is 7.11 Å². The molecule has 0 aliphatic heterocycles. The van der Waals surface area contributed by atoms with Crippen LogP contribution in [-0.4, -0.2) is 24.1 Å². The number of carbonyl (C=O) groups is 2. The highest BCUT2D eigenvalue weighted by molar-refractivity contribution is 5.97. The third kappa shape index (κ3) is 6.78. The minimum atomic E-state index is -4.55. The minimum Gasteiger partial charge on any atom is -0.496 e. The molecule has 1 amide bonds. The smallest absolute Gasteiger partial charge is 0.416 e. The first-order chi connectivity index (χ1) is 17.0. The van der Waals surface area contributed by atoms with Crippen LogP contribution < -0.4 is 14.8 Å². The Labute approximate surface area is 206 Å². The summed E-state index contributed by atoms with van der Waals surface area (Å²) in [5.41, 5.74) is 1.65. The van der Waals surface area contributed by atoms with Gasteiger partial charge in [-0.3, -0.25) is 9.59 Å². The highest BCUT2D eigenvalue weighted by atomic mass is 19.4. The molecule has 190 valence electrons. The lowest BCUT2D eigenvalue weighted by molar-refractivity contribution is -0.138. The standard InChI is InChI=1S/C27H26F3NO5/c1-16-13-22(10-7-18(16)8-12-25(32)33)36-21-6-4-5-19(14-21)17(2)31-26(34)23-11-9-20(27(28,29)30)15-24(23)35-3/h4-7,9-11,13-15,17H,8,12H2,1-3H3,(H,31,34)(H,32,33)/t17-/m1/s1. The average molecular weight is 502 g/mol. The van der Waals surface area contributed by atoms with Gasteiger partial charge < -0.3 is 19.9 Å². The van der Waals surface area contributed by atoms with E-state index in [-0.39, 0.29) is 17.7 Å². The summed E-state index contributed by atoms with van der Waals surface area (Å²) in [4.78, 5) is 23.6. The third-order valence-corrected chi connectivity index (χ3v) is 5.64. The van der Waals surface area contributed by atoms with Crippen molar-refractivity contribution in [3.63, 3.8) is 0 Å². The summed E-state index contributed by atoms with van der Waals surface area (Å²) in [5.74, 6) is -0.501. The van der Waals surface area contributed by atoms with Crippen molar-refractivity contribution in [2.75, 3.05) is 7.11 Å². The van der Waals surface area contributed by atoms with Gasteiger partial charge >= 0.3 is 12.1 Å². The van der Waals surface area contributed by atoms with Gasteiger partial charge in [-0.15, -0.1) is 0 Å². The fourth-order valence-electron chi connectivity index (χ4n) is 3.65. The molecule has 36 heavy (non-hydrogen) atoms. The van der Waals surface area contributed by atoms with Gasteiger partial charge in [0.25, 0.3) is 5.91 Å². The second-order valence-electron chi connectivity index (χ2n) is 8.26. The lowest BCUT2D eigenvalue weighted by Crippen LogP contribution is -2.27. The van der Waals surface area contributed by atoms with E-state index in [2.05, 4.69) is 5.32 Å². The number of aliphatic carboxylic acids is 1. The molecule has 6 nitrogen and oxygen atoms in total. The van der Waals surface area contributed by atoms with Crippen LogP contribution in [0, 0.1) is 6.92 Å². The largest absolute Gasteiger partial charge is 0.496 e. The maximum absolute atomic E-state index is 13.0. The van der Waals surface area contributed by atoms with Crippen LogP contribution in [0.25, 0.3) is 0 Å². The number of hydrogen-bond acceptors (Lipinski definition) is 4. The maximum Gasteiger partial charge on any atom is 0.416 e. The summed E-state index contributed by atoms with van der Waals surface area (Å²) in [5, 5.41) is 11.6. The molecule has 0 heterocycles. The Hall–Kier alpha value is -4.01. The number of aryl methyl sites for hydroxylation is 2. The fourth-order valence-corrected chi connectivity index (χ4v) is 3.65. The Morgan fingerprint density at radius 1 is 1.03 bits per heavy atom. The number of carbonyl (C=O) groups excluding carboxylic acids is 1. The number of rotatable bonds is 9. The number of methoxy groups -OCH3 is 1. The molecule has 3 aromatic carbocycles. The topological polar surface area (TPSA) is 84.9 Å². The van der Waals surface area contributed by atoms with Crippen molar-refractivity contribution in [3.8, 4) is 17.2 Å². The Bertz CT molecular complexity index is 1260. The van der Waals surface area contributed by atoms with E-state index in [0.717, 1.165) is 34.9 Å². The molecule has 0 unspecified atom stereocenters. The molecule has 0 aliphatic rings. The highest BCUT2D eigenvalue weighted by Crippen LogP contribution is 2.33. The summed E-state index contributed by atoms with van der Waals surface area (Å²) in [6.07, 6.45) is -4.07. The number of halogens is 3. The molecule has 0 saturated carbocycles. The summed E-state index contributed by atoms with van der Waals surface area (Å²) < 4.78 is 49.9. The first-order valence-electron chi connectivity index (χ1n) is 11.1. The number of alkyl halides is 3. The molecule has 0 fully saturated rings. The summed E-state index contributed by atoms with van der Waals surface area (Å²) >= 11 is 0. The number of hydrogen-bond donors (Lipinski definition) is 2. The van der Waals surface area contributed by atoms with Crippen LogP contribution in [0.1, 0.15) is 52.0 Å². The molecule has 0 bridgehead atoms. The van der Waals surface area contributed by atoms with Gasteiger partial charge in [-0.1, -0.05) is 18.2 Å². The lowest BCUT2D eigenvalue weighted by Gasteiger charge is -2.18. The number of carboxylic acids is 1. The van der Waals surface area contributed by atoms with Gasteiger partial charge in [-0.25, -0.2) is 0 Å². The van der Waals surface area contributed by atoms with E-state index in [9.17, 15) is 22.8 Å². The zero-order valence-electron chi connectivity index (χ0n) is 20.0. The monoisotopic (exact) mass is 501 g/mol. The van der Waals surface area contributed by atoms with Crippen LogP contribution in [-0.2, 0) is 17.4 Å². The van der Waals surface area contributed by atoms with Crippen molar-refractivity contribution in [2.45, 2.75) is 38.9 Å². The van der Waals surface area contributed by atoms with Gasteiger partial charge in [-0.2, -0.15) is 13.2 Å². The van der Waals surface area contributed by atoms with E-state index >= 15 is 0 Å². The van der Waals surface area contributed by atoms with Crippen LogP contribution >= 0.6 is 0 Å². The van der Waals surface area contributed by atoms with Gasteiger partial charge in [0, 0.05) is 6.42 Å². The van der Waals surface area contributed by atoms with Gasteiger partial charge in [0.2, 0.25) is 0 Å². The number of nitrogens with one attached hydrogen (secondary N) is 1. The van der Waals surface area contributed by atoms with Crippen molar-refractivity contribution in [1.29, 1.82) is 0 Å². The van der Waals surface area contributed by atoms with Gasteiger partial charge in [-0.05, 0) is 79.4 Å². The van der Waals surface area contributed by atoms with E-state index in [1.54, 1.807) is 37.3 Å². The molecular weight excluding hydrogens is 475 g/mol. The van der Waals surface area contributed by atoms with Gasteiger partial charge in [0.15, 0.2) is 0 Å². The van der Waals surface area contributed by atoms with Crippen molar-refractivity contribution in [3.05, 3.63) is 88.5 Å². The van der Waals surface area contributed by atoms with Crippen LogP contribution in [0.2, 0.25) is 0 Å². The second-order valence-corrected chi connectivity index (χ2v) is 8.26. The predicted molar refractivity (Wildman–Crippen MR) is 128 cm³/mol. The van der Waals surface area contributed by atoms with Crippen LogP contribution in [0.15, 0.2) is 60.7 Å². The minimum absolute atomic E-state index is 0.0109. The Balaban J connectivity index is 1.71. The predicted octanol–water partition coefficient (Wildman–Crippen LogP) is 6.32. The second kappa shape index (κ2) is 11.2. The van der Waals surface area contributed by atoms with E-state index in [4.69, 9.17) is 14.6 Å². The van der Waals surface area contributed by atoms with Crippen LogP contribution in [0.3, 0.4) is 0 Å². The van der Waals surface area contributed by atoms with Crippen LogP contribution in [0.4, 0.5) is 13.2 Å². The first-order valence-corrected chi connectivity index (χ1v) is 11.1. The number of benzene rings is 3. The molecule has 0 aliphatic carbocycles. The molecule has 0 aromatic heterocycles. The number of carboxylic acid groups (broad SMARTS) is 1. The van der Waals surface area contributed by atoms with Crippen molar-refractivity contribution < 1.29 is 37.3 Å². The summed E-state index contributed by atoms with van der Waals surface area (Å²) in [6, 6.07) is 14.7. The Kier molecular flexibility index (Phi) is 8.24. The van der Waals surface area contributed by atoms with Crippen molar-refractivity contribution >= 4 is 11.9 Å². The van der Waals surface area contributed by atoms with Crippen molar-refractivity contribution in [2.24, 2.45) is 0 Å². The highest BCUT2D eigenvalue weighted by Gasteiger charge is 2.32. The molecular formula is C27H26F3NO5. The van der Waals surface area contributed by atoms with E-state index in [1.807, 2.05) is 19.1 Å². The zero-order valence-corrected chi connectivity index (χ0v) is 20.0. The Morgan fingerprint density at radius 3 is 2.39 bits per heavy atom. The molecule has 0 radical (unpaired) electrons. The molecule has 1 atom stereocenters. The molecule has 0 saturated heterocycles. The van der Waals surface area contributed by atoms with Crippen LogP contribution in [0.5, 0.6) is 17.2 Å². The van der Waals surface area contributed by atoms with Gasteiger partial charge in [0.05, 0.1) is 24.3 Å². The maximum atomic E-state index is 13.0. The summed E-state index contributed by atoms with van der Waals surface area (Å²) in [7, 11) is 1.21. The lowest BCUT2D eigenvalue weighted by atomic mass is 10.0. The SMILES string of the molecule is COc1cc(C(F)(F)F)ccc1C(=O)N[C@H](C)c1cccc(Oc2ccc(CCC(=O)O)c(C)c2)c1. The van der Waals surface area contributed by atoms with E-state index in [0.29, 0.717) is 17.9 Å². The molecule has 2 N–H and O–H groups in total. The number of amides is 1. The fraction of sp³-hybridized carbons (Fsp3) is 0.259. The molecule has 3 aromatic rings. The molecule has 3 rings (SSSR count). The first kappa shape index (κ1) is 26.6. The van der Waals surface area contributed by atoms with E-state index < -0.39 is 29.7 Å². The average Bonchev–Trinajstić information content (AvgIpc) is 2.82. The third-order valence-electron chi connectivity index (χ3n) is 5.64. The van der Waals surface area contributed by atoms with Gasteiger partial charge in [0.1, 0.15) is 17.2 Å². The number of ether oxygens (including phenoxy) is 2. The molecule has 9 heteroatoms. The quantitative estimate of drug-likeness (QED) is 0.358. The normalized spacial score (nSPS) is 12.1. The summed E-state index contributed by atoms with van der Waals surface area (Å²) in [6.45, 7) is 3.63. The van der Waals surface area contributed by atoms with Crippen molar-refractivity contribution in [1.82, 2.24) is 5.32 Å². The zero-order chi connectivity index (χ0) is 26.5. The molecule has 0 spiro atoms. The Morgan fingerprint density at radius 2 is 1.75 bits per heavy atom.